The molecule has 0 aliphatic heterocycles. The van der Waals surface area contributed by atoms with Gasteiger partial charge in [0.1, 0.15) is 17.1 Å². The Morgan fingerprint density at radius 3 is 2.20 bits per heavy atom. The maximum Gasteiger partial charge on any atom is 0.335 e. The van der Waals surface area contributed by atoms with Crippen molar-refractivity contribution in [2.45, 2.75) is 6.92 Å². The zero-order chi connectivity index (χ0) is 15.1. The number of hydrogen-bond donors (Lipinski definition) is 1. The fraction of sp³-hybridized carbons (Fsp3) is 0.286. The minimum absolute atomic E-state index is 0.0144. The van der Waals surface area contributed by atoms with Crippen molar-refractivity contribution in [1.29, 1.82) is 0 Å². The molecule has 0 aliphatic carbocycles. The number of carbonyl (C=O) groups excluding carboxylic acids is 1. The van der Waals surface area contributed by atoms with E-state index in [4.69, 9.17) is 14.6 Å². The standard InChI is InChI=1S/C14H14O5S/c1-9(15)20-6-4-5-11-12(18-2)7-10(14(16)17)8-13(11)19-3/h7-8H,6H2,1-3H3,(H,16,17). The molecule has 0 aliphatic rings. The van der Waals surface area contributed by atoms with E-state index in [2.05, 4.69) is 11.8 Å². The highest BCUT2D eigenvalue weighted by Gasteiger charge is 2.14. The van der Waals surface area contributed by atoms with E-state index >= 15 is 0 Å². The van der Waals surface area contributed by atoms with Gasteiger partial charge in [-0.15, -0.1) is 0 Å². The summed E-state index contributed by atoms with van der Waals surface area (Å²) < 4.78 is 10.3. The van der Waals surface area contributed by atoms with E-state index in [9.17, 15) is 9.59 Å². The molecule has 0 saturated heterocycles. The molecule has 106 valence electrons. The third kappa shape index (κ3) is 4.21. The first kappa shape index (κ1) is 15.9. The summed E-state index contributed by atoms with van der Waals surface area (Å²) in [4.78, 5) is 21.8. The van der Waals surface area contributed by atoms with E-state index in [1.54, 1.807) is 0 Å². The van der Waals surface area contributed by atoms with Crippen molar-refractivity contribution in [3.63, 3.8) is 0 Å². The first-order chi connectivity index (χ1) is 9.49. The lowest BCUT2D eigenvalue weighted by Gasteiger charge is -2.10. The predicted molar refractivity (Wildman–Crippen MR) is 76.5 cm³/mol. The fourth-order valence-electron chi connectivity index (χ4n) is 1.42. The van der Waals surface area contributed by atoms with E-state index in [0.29, 0.717) is 22.8 Å². The van der Waals surface area contributed by atoms with Crippen LogP contribution in [0.1, 0.15) is 22.8 Å². The Balaban J connectivity index is 3.16. The molecule has 0 atom stereocenters. The number of hydrogen-bond acceptors (Lipinski definition) is 5. The van der Waals surface area contributed by atoms with Crippen LogP contribution >= 0.6 is 11.8 Å². The number of carboxylic acid groups (broad SMARTS) is 1. The van der Waals surface area contributed by atoms with Crippen molar-refractivity contribution in [3.05, 3.63) is 23.3 Å². The van der Waals surface area contributed by atoms with Gasteiger partial charge in [0.25, 0.3) is 0 Å². The molecule has 0 amide bonds. The molecular weight excluding hydrogens is 280 g/mol. The largest absolute Gasteiger partial charge is 0.495 e. The molecule has 0 saturated carbocycles. The van der Waals surface area contributed by atoms with Gasteiger partial charge in [0, 0.05) is 6.92 Å². The number of carboxylic acids is 1. The summed E-state index contributed by atoms with van der Waals surface area (Å²) >= 11 is 1.10. The third-order valence-corrected chi connectivity index (χ3v) is 3.01. The van der Waals surface area contributed by atoms with Gasteiger partial charge in [-0.3, -0.25) is 4.79 Å². The van der Waals surface area contributed by atoms with E-state index < -0.39 is 5.97 Å². The van der Waals surface area contributed by atoms with Crippen LogP contribution in [0.4, 0.5) is 0 Å². The second-order valence-electron chi connectivity index (χ2n) is 3.64. The number of rotatable bonds is 4. The number of methoxy groups -OCH3 is 2. The Morgan fingerprint density at radius 1 is 1.25 bits per heavy atom. The van der Waals surface area contributed by atoms with Crippen LogP contribution in [-0.2, 0) is 4.79 Å². The van der Waals surface area contributed by atoms with Crippen molar-refractivity contribution >= 4 is 22.8 Å². The molecule has 5 nitrogen and oxygen atoms in total. The maximum absolute atomic E-state index is 11.0. The molecule has 1 aromatic rings. The Labute approximate surface area is 121 Å². The summed E-state index contributed by atoms with van der Waals surface area (Å²) in [5, 5.41) is 8.99. The minimum Gasteiger partial charge on any atom is -0.495 e. The number of ether oxygens (including phenoxy) is 2. The fourth-order valence-corrected chi connectivity index (χ4v) is 1.77. The van der Waals surface area contributed by atoms with Crippen molar-refractivity contribution in [1.82, 2.24) is 0 Å². The summed E-state index contributed by atoms with van der Waals surface area (Å²) in [6.45, 7) is 1.47. The first-order valence-corrected chi connectivity index (χ1v) is 6.59. The van der Waals surface area contributed by atoms with Crippen molar-refractivity contribution < 1.29 is 24.2 Å². The molecule has 0 fully saturated rings. The van der Waals surface area contributed by atoms with Gasteiger partial charge >= 0.3 is 5.97 Å². The average molecular weight is 294 g/mol. The maximum atomic E-state index is 11.0. The molecule has 0 radical (unpaired) electrons. The van der Waals surface area contributed by atoms with Crippen LogP contribution in [0.25, 0.3) is 0 Å². The quantitative estimate of drug-likeness (QED) is 0.857. The lowest BCUT2D eigenvalue weighted by atomic mass is 10.1. The van der Waals surface area contributed by atoms with Gasteiger partial charge in [-0.05, 0) is 12.1 Å². The molecular formula is C14H14O5S. The lowest BCUT2D eigenvalue weighted by Crippen LogP contribution is -2.01. The Kier molecular flexibility index (Phi) is 5.94. The van der Waals surface area contributed by atoms with Gasteiger partial charge in [0.2, 0.25) is 0 Å². The lowest BCUT2D eigenvalue weighted by molar-refractivity contribution is -0.109. The summed E-state index contributed by atoms with van der Waals surface area (Å²) in [6, 6.07) is 2.76. The van der Waals surface area contributed by atoms with Crippen LogP contribution in [0.15, 0.2) is 12.1 Å². The highest BCUT2D eigenvalue weighted by molar-refractivity contribution is 8.13. The Morgan fingerprint density at radius 2 is 1.80 bits per heavy atom. The average Bonchev–Trinajstić information content (AvgIpc) is 2.42. The molecule has 0 bridgehead atoms. The number of thioether (sulfide) groups is 1. The highest BCUT2D eigenvalue weighted by Crippen LogP contribution is 2.29. The third-order valence-electron chi connectivity index (χ3n) is 2.31. The van der Waals surface area contributed by atoms with Crippen molar-refractivity contribution in [3.8, 4) is 23.3 Å². The first-order valence-electron chi connectivity index (χ1n) is 5.61. The van der Waals surface area contributed by atoms with Gasteiger partial charge < -0.3 is 14.6 Å². The smallest absolute Gasteiger partial charge is 0.335 e. The van der Waals surface area contributed by atoms with Gasteiger partial charge in [0.05, 0.1) is 25.5 Å². The Hall–Kier alpha value is -2.13. The minimum atomic E-state index is -1.08. The van der Waals surface area contributed by atoms with E-state index in [0.717, 1.165) is 11.8 Å². The van der Waals surface area contributed by atoms with Gasteiger partial charge in [-0.1, -0.05) is 23.6 Å². The predicted octanol–water partition coefficient (Wildman–Crippen LogP) is 2.03. The zero-order valence-corrected chi connectivity index (χ0v) is 12.2. The highest BCUT2D eigenvalue weighted by atomic mass is 32.2. The number of carbonyl (C=O) groups is 2. The molecule has 20 heavy (non-hydrogen) atoms. The molecule has 0 aromatic heterocycles. The number of benzene rings is 1. The molecule has 0 unspecified atom stereocenters. The van der Waals surface area contributed by atoms with E-state index in [-0.39, 0.29) is 10.7 Å². The van der Waals surface area contributed by atoms with Crippen LogP contribution in [0.2, 0.25) is 0 Å². The van der Waals surface area contributed by atoms with Crippen LogP contribution in [0.5, 0.6) is 11.5 Å². The van der Waals surface area contributed by atoms with Crippen LogP contribution in [-0.4, -0.2) is 36.2 Å². The Bertz CT molecular complexity index is 558. The molecule has 1 N–H and O–H groups in total. The SMILES string of the molecule is COc1cc(C(=O)O)cc(OC)c1C#CCSC(C)=O. The van der Waals surface area contributed by atoms with Crippen LogP contribution in [0, 0.1) is 11.8 Å². The van der Waals surface area contributed by atoms with Gasteiger partial charge in [0.15, 0.2) is 5.12 Å². The topological polar surface area (TPSA) is 72.8 Å². The molecule has 0 heterocycles. The summed E-state index contributed by atoms with van der Waals surface area (Å²) in [7, 11) is 2.85. The van der Waals surface area contributed by atoms with Crippen molar-refractivity contribution in [2.75, 3.05) is 20.0 Å². The van der Waals surface area contributed by atoms with E-state index in [1.165, 1.54) is 33.3 Å². The molecule has 1 rings (SSSR count). The van der Waals surface area contributed by atoms with E-state index in [1.807, 2.05) is 0 Å². The number of aromatic carboxylic acids is 1. The van der Waals surface area contributed by atoms with Crippen molar-refractivity contribution in [2.24, 2.45) is 0 Å². The van der Waals surface area contributed by atoms with Crippen LogP contribution < -0.4 is 9.47 Å². The second kappa shape index (κ2) is 7.46. The molecule has 0 spiro atoms. The van der Waals surface area contributed by atoms with Crippen LogP contribution in [0.3, 0.4) is 0 Å². The molecule has 6 heteroatoms. The molecule has 1 aromatic carbocycles. The normalized spacial score (nSPS) is 9.35. The summed E-state index contributed by atoms with van der Waals surface area (Å²) in [5.74, 6) is 5.57. The summed E-state index contributed by atoms with van der Waals surface area (Å²) in [6.07, 6.45) is 0. The summed E-state index contributed by atoms with van der Waals surface area (Å²) in [5.41, 5.74) is 0.520. The second-order valence-corrected chi connectivity index (χ2v) is 4.80. The van der Waals surface area contributed by atoms with Gasteiger partial charge in [-0.25, -0.2) is 4.79 Å². The van der Waals surface area contributed by atoms with Gasteiger partial charge in [-0.2, -0.15) is 0 Å². The monoisotopic (exact) mass is 294 g/mol. The zero-order valence-electron chi connectivity index (χ0n) is 11.4.